The number of nitrogens with zero attached hydrogens (tertiary/aromatic N) is 2. The van der Waals surface area contributed by atoms with Crippen LogP contribution in [0.1, 0.15) is 6.42 Å². The number of hydrogen-bond acceptors (Lipinski definition) is 4. The van der Waals surface area contributed by atoms with Gasteiger partial charge in [-0.1, -0.05) is 6.07 Å². The summed E-state index contributed by atoms with van der Waals surface area (Å²) in [5.74, 6) is 0.953. The zero-order valence-electron chi connectivity index (χ0n) is 10.9. The number of aromatic nitrogens is 1. The maximum absolute atomic E-state index is 4.43. The van der Waals surface area contributed by atoms with Gasteiger partial charge in [0.15, 0.2) is 0 Å². The lowest BCUT2D eigenvalue weighted by atomic mass is 10.2. The lowest BCUT2D eigenvalue weighted by Crippen LogP contribution is -2.16. The van der Waals surface area contributed by atoms with Gasteiger partial charge in [0.1, 0.15) is 5.82 Å². The van der Waals surface area contributed by atoms with Gasteiger partial charge in [-0.05, 0) is 50.6 Å². The van der Waals surface area contributed by atoms with E-state index >= 15 is 0 Å². The van der Waals surface area contributed by atoms with E-state index in [4.69, 9.17) is 0 Å². The molecule has 0 saturated carbocycles. The van der Waals surface area contributed by atoms with Crippen LogP contribution in [0.3, 0.4) is 0 Å². The Kier molecular flexibility index (Phi) is 4.73. The smallest absolute Gasteiger partial charge is 0.125 e. The van der Waals surface area contributed by atoms with E-state index in [1.54, 1.807) is 11.3 Å². The molecule has 0 saturated heterocycles. The van der Waals surface area contributed by atoms with Crippen molar-refractivity contribution in [2.45, 2.75) is 6.42 Å². The monoisotopic (exact) mass is 261 g/mol. The summed E-state index contributed by atoms with van der Waals surface area (Å²) in [5, 5.41) is 5.42. The number of thiophene rings is 1. The maximum Gasteiger partial charge on any atom is 0.125 e. The highest BCUT2D eigenvalue weighted by molar-refractivity contribution is 7.13. The second kappa shape index (κ2) is 6.52. The van der Waals surface area contributed by atoms with E-state index in [0.29, 0.717) is 0 Å². The minimum Gasteiger partial charge on any atom is -0.370 e. The van der Waals surface area contributed by atoms with Crippen LogP contribution in [0.25, 0.3) is 10.4 Å². The van der Waals surface area contributed by atoms with E-state index in [9.17, 15) is 0 Å². The van der Waals surface area contributed by atoms with Crippen molar-refractivity contribution in [2.75, 3.05) is 32.5 Å². The van der Waals surface area contributed by atoms with Crippen LogP contribution >= 0.6 is 11.3 Å². The average Bonchev–Trinajstić information content (AvgIpc) is 2.89. The van der Waals surface area contributed by atoms with Crippen molar-refractivity contribution >= 4 is 17.2 Å². The highest BCUT2D eigenvalue weighted by atomic mass is 32.1. The molecule has 2 heterocycles. The van der Waals surface area contributed by atoms with Crippen LogP contribution in [0.4, 0.5) is 5.82 Å². The lowest BCUT2D eigenvalue weighted by Gasteiger charge is -2.10. The Labute approximate surface area is 112 Å². The Morgan fingerprint density at radius 2 is 2.17 bits per heavy atom. The van der Waals surface area contributed by atoms with Gasteiger partial charge in [0.05, 0.1) is 0 Å². The van der Waals surface area contributed by atoms with Gasteiger partial charge in [-0.25, -0.2) is 4.98 Å². The van der Waals surface area contributed by atoms with Crippen LogP contribution in [0, 0.1) is 0 Å². The number of hydrogen-bond donors (Lipinski definition) is 1. The van der Waals surface area contributed by atoms with Gasteiger partial charge in [-0.3, -0.25) is 0 Å². The molecule has 2 rings (SSSR count). The minimum atomic E-state index is 0.953. The Hall–Kier alpha value is -1.39. The molecule has 0 radical (unpaired) electrons. The van der Waals surface area contributed by atoms with E-state index in [2.05, 4.69) is 52.9 Å². The first kappa shape index (κ1) is 13.1. The van der Waals surface area contributed by atoms with Crippen molar-refractivity contribution in [1.82, 2.24) is 9.88 Å². The summed E-state index contributed by atoms with van der Waals surface area (Å²) < 4.78 is 0. The van der Waals surface area contributed by atoms with E-state index in [0.717, 1.165) is 25.3 Å². The Bertz CT molecular complexity index is 448. The first-order valence-corrected chi connectivity index (χ1v) is 7.02. The predicted molar refractivity (Wildman–Crippen MR) is 79.2 cm³/mol. The lowest BCUT2D eigenvalue weighted by molar-refractivity contribution is 0.405. The van der Waals surface area contributed by atoms with Crippen LogP contribution in [-0.2, 0) is 0 Å². The maximum atomic E-state index is 4.43. The second-order valence-electron chi connectivity index (χ2n) is 4.49. The van der Waals surface area contributed by atoms with Crippen LogP contribution < -0.4 is 5.32 Å². The Morgan fingerprint density at radius 3 is 2.78 bits per heavy atom. The van der Waals surface area contributed by atoms with Crippen LogP contribution in [0.5, 0.6) is 0 Å². The molecule has 0 aliphatic rings. The third kappa shape index (κ3) is 3.82. The summed E-state index contributed by atoms with van der Waals surface area (Å²) in [7, 11) is 4.18. The van der Waals surface area contributed by atoms with E-state index in [-0.39, 0.29) is 0 Å². The highest BCUT2D eigenvalue weighted by Crippen LogP contribution is 2.24. The molecular weight excluding hydrogens is 242 g/mol. The van der Waals surface area contributed by atoms with Crippen LogP contribution in [0.15, 0.2) is 35.8 Å². The topological polar surface area (TPSA) is 28.2 Å². The summed E-state index contributed by atoms with van der Waals surface area (Å²) in [6.45, 7) is 2.06. The van der Waals surface area contributed by atoms with E-state index in [1.165, 1.54) is 10.4 Å². The molecule has 0 aliphatic heterocycles. The predicted octanol–water partition coefficient (Wildman–Crippen LogP) is 3.17. The minimum absolute atomic E-state index is 0.953. The molecular formula is C14H19N3S. The van der Waals surface area contributed by atoms with E-state index < -0.39 is 0 Å². The molecule has 0 unspecified atom stereocenters. The molecule has 18 heavy (non-hydrogen) atoms. The van der Waals surface area contributed by atoms with Crippen molar-refractivity contribution in [3.8, 4) is 10.4 Å². The molecule has 1 N–H and O–H groups in total. The molecule has 0 bridgehead atoms. The SMILES string of the molecule is CN(C)CCCNc1ccc(-c2cccs2)cn1. The fraction of sp³-hybridized carbons (Fsp3) is 0.357. The highest BCUT2D eigenvalue weighted by Gasteiger charge is 1.99. The van der Waals surface area contributed by atoms with Crippen molar-refractivity contribution in [3.05, 3.63) is 35.8 Å². The number of pyridine rings is 1. The largest absolute Gasteiger partial charge is 0.370 e. The fourth-order valence-corrected chi connectivity index (χ4v) is 2.42. The zero-order valence-corrected chi connectivity index (χ0v) is 11.7. The molecule has 0 aliphatic carbocycles. The fourth-order valence-electron chi connectivity index (χ4n) is 1.70. The standard InChI is InChI=1S/C14H19N3S/c1-17(2)9-4-8-15-14-7-6-12(11-16-14)13-5-3-10-18-13/h3,5-7,10-11H,4,8-9H2,1-2H3,(H,15,16). The van der Waals surface area contributed by atoms with Crippen LogP contribution in [0.2, 0.25) is 0 Å². The van der Waals surface area contributed by atoms with E-state index in [1.807, 2.05) is 12.3 Å². The molecule has 0 aromatic carbocycles. The molecule has 0 spiro atoms. The van der Waals surface area contributed by atoms with Crippen molar-refractivity contribution in [3.63, 3.8) is 0 Å². The normalized spacial score (nSPS) is 10.8. The van der Waals surface area contributed by atoms with Gasteiger partial charge in [-0.15, -0.1) is 11.3 Å². The molecule has 0 fully saturated rings. The Balaban J connectivity index is 1.84. The van der Waals surface area contributed by atoms with Crippen molar-refractivity contribution in [1.29, 1.82) is 0 Å². The summed E-state index contributed by atoms with van der Waals surface area (Å²) in [6, 6.07) is 8.34. The molecule has 0 amide bonds. The third-order valence-corrected chi connectivity index (χ3v) is 3.58. The number of anilines is 1. The number of nitrogens with one attached hydrogen (secondary N) is 1. The van der Waals surface area contributed by atoms with Gasteiger partial charge in [0.2, 0.25) is 0 Å². The van der Waals surface area contributed by atoms with Gasteiger partial charge >= 0.3 is 0 Å². The van der Waals surface area contributed by atoms with Gasteiger partial charge in [-0.2, -0.15) is 0 Å². The summed E-state index contributed by atoms with van der Waals surface area (Å²) in [6.07, 6.45) is 3.06. The molecule has 2 aromatic heterocycles. The average molecular weight is 261 g/mol. The second-order valence-corrected chi connectivity index (χ2v) is 5.44. The van der Waals surface area contributed by atoms with Crippen molar-refractivity contribution in [2.24, 2.45) is 0 Å². The van der Waals surface area contributed by atoms with Gasteiger partial charge in [0, 0.05) is 23.2 Å². The quantitative estimate of drug-likeness (QED) is 0.810. The summed E-state index contributed by atoms with van der Waals surface area (Å²) in [5.41, 5.74) is 1.18. The van der Waals surface area contributed by atoms with Gasteiger partial charge in [0.25, 0.3) is 0 Å². The summed E-state index contributed by atoms with van der Waals surface area (Å²) in [4.78, 5) is 7.89. The summed E-state index contributed by atoms with van der Waals surface area (Å²) >= 11 is 1.74. The molecule has 2 aromatic rings. The van der Waals surface area contributed by atoms with Crippen molar-refractivity contribution < 1.29 is 0 Å². The zero-order chi connectivity index (χ0) is 12.8. The first-order chi connectivity index (χ1) is 8.75. The van der Waals surface area contributed by atoms with Gasteiger partial charge < -0.3 is 10.2 Å². The first-order valence-electron chi connectivity index (χ1n) is 6.14. The number of rotatable bonds is 6. The van der Waals surface area contributed by atoms with Crippen LogP contribution in [-0.4, -0.2) is 37.1 Å². The Morgan fingerprint density at radius 1 is 1.28 bits per heavy atom. The molecule has 3 nitrogen and oxygen atoms in total. The molecule has 0 atom stereocenters. The third-order valence-electron chi connectivity index (χ3n) is 2.66. The molecule has 4 heteroatoms. The molecule has 96 valence electrons.